The number of thioether (sulfide) groups is 1. The molecular formula is C25H33ClN2O3S. The lowest BCUT2D eigenvalue weighted by Crippen LogP contribution is -2.53. The Morgan fingerprint density at radius 3 is 2.25 bits per heavy atom. The maximum atomic E-state index is 13.3. The van der Waals surface area contributed by atoms with Gasteiger partial charge in [0.2, 0.25) is 11.8 Å². The zero-order valence-electron chi connectivity index (χ0n) is 19.5. The number of benzene rings is 2. The fourth-order valence-corrected chi connectivity index (χ4v) is 4.20. The molecule has 0 unspecified atom stereocenters. The van der Waals surface area contributed by atoms with E-state index < -0.39 is 6.04 Å². The largest absolute Gasteiger partial charge is 0.497 e. The minimum atomic E-state index is -0.538. The number of methoxy groups -OCH3 is 1. The minimum absolute atomic E-state index is 0.0433. The topological polar surface area (TPSA) is 58.6 Å². The van der Waals surface area contributed by atoms with E-state index in [1.165, 1.54) is 0 Å². The molecule has 32 heavy (non-hydrogen) atoms. The van der Waals surface area contributed by atoms with Gasteiger partial charge in [-0.2, -0.15) is 0 Å². The Bertz CT molecular complexity index is 880. The summed E-state index contributed by atoms with van der Waals surface area (Å²) < 4.78 is 5.23. The van der Waals surface area contributed by atoms with E-state index >= 15 is 0 Å². The van der Waals surface area contributed by atoms with Gasteiger partial charge in [0.15, 0.2) is 0 Å². The van der Waals surface area contributed by atoms with Crippen LogP contribution in [0, 0.1) is 0 Å². The van der Waals surface area contributed by atoms with Crippen LogP contribution in [0.3, 0.4) is 0 Å². The number of nitrogens with one attached hydrogen (secondary N) is 1. The average molecular weight is 477 g/mol. The van der Waals surface area contributed by atoms with E-state index in [2.05, 4.69) is 5.32 Å². The van der Waals surface area contributed by atoms with E-state index in [9.17, 15) is 9.59 Å². The molecule has 0 aliphatic carbocycles. The predicted octanol–water partition coefficient (Wildman–Crippen LogP) is 5.55. The summed E-state index contributed by atoms with van der Waals surface area (Å²) in [5.41, 5.74) is 0.579. The van der Waals surface area contributed by atoms with Gasteiger partial charge >= 0.3 is 0 Å². The van der Waals surface area contributed by atoms with Crippen LogP contribution in [0.2, 0.25) is 5.02 Å². The number of ether oxygens (including phenoxy) is 1. The number of rotatable bonds is 10. The first-order valence-corrected chi connectivity index (χ1v) is 12.1. The summed E-state index contributed by atoms with van der Waals surface area (Å²) in [6.45, 7) is 8.12. The molecule has 0 radical (unpaired) electrons. The highest BCUT2D eigenvalue weighted by molar-refractivity contribution is 7.99. The minimum Gasteiger partial charge on any atom is -0.497 e. The van der Waals surface area contributed by atoms with Gasteiger partial charge < -0.3 is 15.0 Å². The van der Waals surface area contributed by atoms with Crippen LogP contribution in [0.25, 0.3) is 0 Å². The number of carbonyl (C=O) groups excluding carboxylic acids is 2. The summed E-state index contributed by atoms with van der Waals surface area (Å²) in [5.74, 6) is 1.20. The van der Waals surface area contributed by atoms with Gasteiger partial charge in [0.25, 0.3) is 0 Å². The molecule has 0 aromatic heterocycles. The highest BCUT2D eigenvalue weighted by Gasteiger charge is 2.30. The Balaban J connectivity index is 2.15. The van der Waals surface area contributed by atoms with Gasteiger partial charge in [0.05, 0.1) is 7.11 Å². The van der Waals surface area contributed by atoms with Crippen molar-refractivity contribution in [3.8, 4) is 5.75 Å². The van der Waals surface area contributed by atoms with Crippen molar-refractivity contribution in [3.05, 3.63) is 59.1 Å². The summed E-state index contributed by atoms with van der Waals surface area (Å²) >= 11 is 7.54. The van der Waals surface area contributed by atoms with Crippen LogP contribution in [-0.2, 0) is 16.1 Å². The third-order valence-corrected chi connectivity index (χ3v) is 6.06. The fraction of sp³-hybridized carbons (Fsp3) is 0.440. The molecule has 2 amide bonds. The van der Waals surface area contributed by atoms with Crippen molar-refractivity contribution in [1.29, 1.82) is 0 Å². The third kappa shape index (κ3) is 8.40. The summed E-state index contributed by atoms with van der Waals surface area (Å²) in [6.07, 6.45) is 0.872. The standard InChI is InChI=1S/C25H33ClN2O3S/c1-6-22(24(30)27-25(2,3)4)28(17-18-7-11-20(31-5)12-8-18)23(29)15-16-32-21-13-9-19(26)10-14-21/h7-14,22H,6,15-17H2,1-5H3,(H,27,30)/t22-/m0/s1. The molecule has 0 saturated heterocycles. The van der Waals surface area contributed by atoms with Crippen LogP contribution in [0.15, 0.2) is 53.4 Å². The van der Waals surface area contributed by atoms with Gasteiger partial charge in [0.1, 0.15) is 11.8 Å². The molecule has 2 aromatic carbocycles. The van der Waals surface area contributed by atoms with Crippen LogP contribution in [0.5, 0.6) is 5.75 Å². The van der Waals surface area contributed by atoms with Gasteiger partial charge in [-0.05, 0) is 69.2 Å². The van der Waals surface area contributed by atoms with E-state index in [0.29, 0.717) is 30.2 Å². The van der Waals surface area contributed by atoms with Gasteiger partial charge in [-0.3, -0.25) is 9.59 Å². The van der Waals surface area contributed by atoms with Crippen LogP contribution in [-0.4, -0.2) is 41.2 Å². The quantitative estimate of drug-likeness (QED) is 0.456. The van der Waals surface area contributed by atoms with E-state index in [4.69, 9.17) is 16.3 Å². The Kier molecular flexibility index (Phi) is 9.91. The van der Waals surface area contributed by atoms with Crippen LogP contribution in [0.1, 0.15) is 46.1 Å². The molecule has 2 aromatic rings. The molecule has 0 aliphatic heterocycles. The SMILES string of the molecule is CC[C@@H](C(=O)NC(C)(C)C)N(Cc1ccc(OC)cc1)C(=O)CCSc1ccc(Cl)cc1. The normalized spacial score (nSPS) is 12.2. The fourth-order valence-electron chi connectivity index (χ4n) is 3.23. The van der Waals surface area contributed by atoms with Crippen molar-refractivity contribution in [3.63, 3.8) is 0 Å². The molecule has 0 spiro atoms. The van der Waals surface area contributed by atoms with Gasteiger partial charge in [0, 0.05) is 34.2 Å². The van der Waals surface area contributed by atoms with Crippen LogP contribution in [0.4, 0.5) is 0 Å². The lowest BCUT2D eigenvalue weighted by molar-refractivity contribution is -0.141. The van der Waals surface area contributed by atoms with Crippen molar-refractivity contribution in [1.82, 2.24) is 10.2 Å². The summed E-state index contributed by atoms with van der Waals surface area (Å²) in [4.78, 5) is 29.0. The van der Waals surface area contributed by atoms with Gasteiger partial charge in [-0.15, -0.1) is 11.8 Å². The van der Waals surface area contributed by atoms with Crippen molar-refractivity contribution < 1.29 is 14.3 Å². The molecule has 0 fully saturated rings. The zero-order valence-corrected chi connectivity index (χ0v) is 21.1. The Morgan fingerprint density at radius 1 is 1.09 bits per heavy atom. The molecule has 1 atom stereocenters. The smallest absolute Gasteiger partial charge is 0.243 e. The molecule has 0 aliphatic rings. The molecule has 0 saturated carbocycles. The highest BCUT2D eigenvalue weighted by atomic mass is 35.5. The second kappa shape index (κ2) is 12.2. The lowest BCUT2D eigenvalue weighted by atomic mass is 10.1. The first kappa shape index (κ1) is 26.1. The first-order valence-electron chi connectivity index (χ1n) is 10.8. The molecule has 1 N–H and O–H groups in total. The van der Waals surface area contributed by atoms with Crippen molar-refractivity contribution in [2.24, 2.45) is 0 Å². The first-order chi connectivity index (χ1) is 15.1. The summed E-state index contributed by atoms with van der Waals surface area (Å²) in [7, 11) is 1.62. The summed E-state index contributed by atoms with van der Waals surface area (Å²) in [5, 5.41) is 3.71. The van der Waals surface area contributed by atoms with Crippen LogP contribution < -0.4 is 10.1 Å². The predicted molar refractivity (Wildman–Crippen MR) is 132 cm³/mol. The number of halogens is 1. The third-order valence-electron chi connectivity index (χ3n) is 4.79. The Labute approximate surface area is 200 Å². The molecule has 0 heterocycles. The van der Waals surface area contributed by atoms with E-state index in [1.54, 1.807) is 23.8 Å². The van der Waals surface area contributed by atoms with Gasteiger partial charge in [-0.25, -0.2) is 0 Å². The average Bonchev–Trinajstić information content (AvgIpc) is 2.74. The number of hydrogen-bond donors (Lipinski definition) is 1. The number of amides is 2. The molecule has 7 heteroatoms. The van der Waals surface area contributed by atoms with Crippen molar-refractivity contribution in [2.75, 3.05) is 12.9 Å². The second-order valence-corrected chi connectivity index (χ2v) is 10.2. The number of carbonyl (C=O) groups is 2. The van der Waals surface area contributed by atoms with Crippen molar-refractivity contribution >= 4 is 35.2 Å². The molecular weight excluding hydrogens is 444 g/mol. The number of nitrogens with zero attached hydrogens (tertiary/aromatic N) is 1. The van der Waals surface area contributed by atoms with E-state index in [-0.39, 0.29) is 17.4 Å². The molecule has 2 rings (SSSR count). The van der Waals surface area contributed by atoms with Crippen molar-refractivity contribution in [2.45, 2.75) is 63.6 Å². The van der Waals surface area contributed by atoms with Crippen LogP contribution >= 0.6 is 23.4 Å². The maximum absolute atomic E-state index is 13.3. The summed E-state index contributed by atoms with van der Waals surface area (Å²) in [6, 6.07) is 14.6. The second-order valence-electron chi connectivity index (χ2n) is 8.59. The maximum Gasteiger partial charge on any atom is 0.243 e. The van der Waals surface area contributed by atoms with Gasteiger partial charge in [-0.1, -0.05) is 30.7 Å². The molecule has 174 valence electrons. The zero-order chi connectivity index (χ0) is 23.7. The Morgan fingerprint density at radius 2 is 1.72 bits per heavy atom. The Hall–Kier alpha value is -2.18. The van der Waals surface area contributed by atoms with E-state index in [1.807, 2.05) is 76.2 Å². The number of hydrogen-bond acceptors (Lipinski definition) is 4. The molecule has 5 nitrogen and oxygen atoms in total. The molecule has 0 bridgehead atoms. The lowest BCUT2D eigenvalue weighted by Gasteiger charge is -2.33. The highest BCUT2D eigenvalue weighted by Crippen LogP contribution is 2.23. The van der Waals surface area contributed by atoms with E-state index in [0.717, 1.165) is 16.2 Å². The monoisotopic (exact) mass is 476 g/mol.